The van der Waals surface area contributed by atoms with Gasteiger partial charge in [0.2, 0.25) is 0 Å². The van der Waals surface area contributed by atoms with Crippen LogP contribution >= 0.6 is 31.9 Å². The molecule has 1 N–H and O–H groups in total. The van der Waals surface area contributed by atoms with Crippen molar-refractivity contribution in [3.05, 3.63) is 56.5 Å². The molecule has 138 valence electrons. The summed E-state index contributed by atoms with van der Waals surface area (Å²) in [5.74, 6) is 0.955. The zero-order chi connectivity index (χ0) is 18.9. The first-order valence-corrected chi connectivity index (χ1v) is 9.72. The molecule has 0 aliphatic heterocycles. The van der Waals surface area contributed by atoms with Crippen molar-refractivity contribution in [2.45, 2.75) is 20.3 Å². The summed E-state index contributed by atoms with van der Waals surface area (Å²) in [6.45, 7) is 4.50. The molecule has 0 saturated carbocycles. The maximum Gasteiger partial charge on any atom is 0.277 e. The summed E-state index contributed by atoms with van der Waals surface area (Å²) in [7, 11) is 0. The number of amides is 1. The van der Waals surface area contributed by atoms with Crippen molar-refractivity contribution in [2.75, 3.05) is 13.2 Å². The normalized spacial score (nSPS) is 10.8. The van der Waals surface area contributed by atoms with Crippen molar-refractivity contribution in [2.24, 2.45) is 5.10 Å². The van der Waals surface area contributed by atoms with Gasteiger partial charge < -0.3 is 9.47 Å². The van der Waals surface area contributed by atoms with Gasteiger partial charge in [-0.3, -0.25) is 4.79 Å². The summed E-state index contributed by atoms with van der Waals surface area (Å²) in [6.07, 6.45) is 2.48. The molecule has 0 saturated heterocycles. The molecule has 2 aromatic carbocycles. The predicted molar refractivity (Wildman–Crippen MR) is 110 cm³/mol. The molecule has 1 amide bonds. The quantitative estimate of drug-likeness (QED) is 0.431. The van der Waals surface area contributed by atoms with Gasteiger partial charge in [-0.05, 0) is 75.0 Å². The molecule has 0 aliphatic carbocycles. The zero-order valence-electron chi connectivity index (χ0n) is 14.6. The summed E-state index contributed by atoms with van der Waals surface area (Å²) in [6, 6.07) is 11.4. The van der Waals surface area contributed by atoms with Gasteiger partial charge in [-0.15, -0.1) is 0 Å². The molecule has 0 spiro atoms. The minimum atomic E-state index is -0.354. The highest BCUT2D eigenvalue weighted by molar-refractivity contribution is 9.11. The van der Waals surface area contributed by atoms with Crippen LogP contribution in [0, 0.1) is 6.92 Å². The van der Waals surface area contributed by atoms with E-state index in [1.165, 1.54) is 0 Å². The van der Waals surface area contributed by atoms with Crippen molar-refractivity contribution < 1.29 is 14.3 Å². The number of ether oxygens (including phenoxy) is 2. The maximum atomic E-state index is 11.9. The van der Waals surface area contributed by atoms with Crippen LogP contribution in [0.15, 0.2) is 50.4 Å². The molecule has 5 nitrogen and oxygen atoms in total. The molecule has 0 aromatic heterocycles. The van der Waals surface area contributed by atoms with Crippen LogP contribution in [0.4, 0.5) is 0 Å². The fourth-order valence-corrected chi connectivity index (χ4v) is 3.74. The topological polar surface area (TPSA) is 59.9 Å². The fraction of sp³-hybridized carbons (Fsp3) is 0.263. The second kappa shape index (κ2) is 10.3. The molecule has 0 aliphatic rings. The van der Waals surface area contributed by atoms with Crippen LogP contribution in [0.3, 0.4) is 0 Å². The third kappa shape index (κ3) is 6.14. The number of hydrogen-bond acceptors (Lipinski definition) is 4. The fourth-order valence-electron chi connectivity index (χ4n) is 2.10. The van der Waals surface area contributed by atoms with Crippen molar-refractivity contribution in [3.8, 4) is 11.5 Å². The van der Waals surface area contributed by atoms with Gasteiger partial charge in [0.15, 0.2) is 6.61 Å². The molecule has 0 bridgehead atoms. The number of carbonyl (C=O) groups is 1. The Bertz CT molecular complexity index is 771. The van der Waals surface area contributed by atoms with E-state index in [1.54, 1.807) is 6.21 Å². The predicted octanol–water partition coefficient (Wildman–Crippen LogP) is 4.84. The standard InChI is InChI=1S/C19H20Br2N2O3/c1-3-8-25-17-7-5-4-6-14(17)11-22-23-18(24)12-26-19-15(20)9-13(2)10-16(19)21/h4-7,9-11H,3,8,12H2,1-2H3,(H,23,24). The molecular weight excluding hydrogens is 464 g/mol. The lowest BCUT2D eigenvalue weighted by Crippen LogP contribution is -2.24. The number of rotatable bonds is 8. The molecule has 0 atom stereocenters. The summed E-state index contributed by atoms with van der Waals surface area (Å²) in [4.78, 5) is 11.9. The van der Waals surface area contributed by atoms with Crippen molar-refractivity contribution in [1.29, 1.82) is 0 Å². The van der Waals surface area contributed by atoms with Crippen LogP contribution in [-0.4, -0.2) is 25.3 Å². The number of para-hydroxylation sites is 1. The van der Waals surface area contributed by atoms with Gasteiger partial charge in [-0.25, -0.2) is 5.43 Å². The van der Waals surface area contributed by atoms with Crippen molar-refractivity contribution in [3.63, 3.8) is 0 Å². The van der Waals surface area contributed by atoms with Gasteiger partial charge in [0.25, 0.3) is 5.91 Å². The summed E-state index contributed by atoms with van der Waals surface area (Å²) >= 11 is 6.86. The first-order chi connectivity index (χ1) is 12.5. The molecule has 2 aromatic rings. The van der Waals surface area contributed by atoms with Crippen LogP contribution in [-0.2, 0) is 4.79 Å². The molecule has 7 heteroatoms. The number of halogens is 2. The van der Waals surface area contributed by atoms with Crippen molar-refractivity contribution >= 4 is 44.0 Å². The van der Waals surface area contributed by atoms with Crippen molar-refractivity contribution in [1.82, 2.24) is 5.43 Å². The Morgan fingerprint density at radius 1 is 1.19 bits per heavy atom. The number of hydrogen-bond donors (Lipinski definition) is 1. The highest BCUT2D eigenvalue weighted by atomic mass is 79.9. The Balaban J connectivity index is 1.90. The van der Waals surface area contributed by atoms with Gasteiger partial charge in [0.1, 0.15) is 11.5 Å². The number of nitrogens with zero attached hydrogens (tertiary/aromatic N) is 1. The van der Waals surface area contributed by atoms with Crippen LogP contribution in [0.1, 0.15) is 24.5 Å². The summed E-state index contributed by atoms with van der Waals surface area (Å²) in [5, 5.41) is 3.97. The SMILES string of the molecule is CCCOc1ccccc1C=NNC(=O)COc1c(Br)cc(C)cc1Br. The molecular formula is C19H20Br2N2O3. The molecule has 2 rings (SSSR count). The molecule has 26 heavy (non-hydrogen) atoms. The Kier molecular flexibility index (Phi) is 8.12. The first-order valence-electron chi connectivity index (χ1n) is 8.13. The Labute approximate surface area is 170 Å². The third-order valence-electron chi connectivity index (χ3n) is 3.26. The lowest BCUT2D eigenvalue weighted by Gasteiger charge is -2.10. The van der Waals surface area contributed by atoms with E-state index in [0.717, 1.165) is 32.2 Å². The number of carbonyl (C=O) groups excluding carboxylic acids is 1. The largest absolute Gasteiger partial charge is 0.493 e. The lowest BCUT2D eigenvalue weighted by molar-refractivity contribution is -0.123. The highest BCUT2D eigenvalue weighted by Gasteiger charge is 2.10. The molecule has 0 radical (unpaired) electrons. The van der Waals surface area contributed by atoms with Gasteiger partial charge in [-0.1, -0.05) is 19.1 Å². The van der Waals surface area contributed by atoms with E-state index in [-0.39, 0.29) is 12.5 Å². The van der Waals surface area contributed by atoms with Crippen LogP contribution in [0.25, 0.3) is 0 Å². The van der Waals surface area contributed by atoms with Gasteiger partial charge in [0, 0.05) is 5.56 Å². The van der Waals surface area contributed by atoms with E-state index >= 15 is 0 Å². The average Bonchev–Trinajstić information content (AvgIpc) is 2.60. The smallest absolute Gasteiger partial charge is 0.277 e. The molecule has 0 unspecified atom stereocenters. The monoisotopic (exact) mass is 482 g/mol. The van der Waals surface area contributed by atoms with E-state index in [1.807, 2.05) is 50.2 Å². The summed E-state index contributed by atoms with van der Waals surface area (Å²) in [5.41, 5.74) is 4.33. The van der Waals surface area contributed by atoms with Gasteiger partial charge in [-0.2, -0.15) is 5.10 Å². The van der Waals surface area contributed by atoms with Gasteiger partial charge >= 0.3 is 0 Å². The van der Waals surface area contributed by atoms with Crippen LogP contribution < -0.4 is 14.9 Å². The van der Waals surface area contributed by atoms with E-state index in [2.05, 4.69) is 42.4 Å². The molecule has 0 heterocycles. The lowest BCUT2D eigenvalue weighted by atomic mass is 10.2. The number of benzene rings is 2. The van der Waals surface area contributed by atoms with Gasteiger partial charge in [0.05, 0.1) is 21.8 Å². The Morgan fingerprint density at radius 2 is 1.88 bits per heavy atom. The second-order valence-corrected chi connectivity index (χ2v) is 7.23. The molecule has 0 fully saturated rings. The highest BCUT2D eigenvalue weighted by Crippen LogP contribution is 2.34. The van der Waals surface area contributed by atoms with Crippen LogP contribution in [0.2, 0.25) is 0 Å². The maximum absolute atomic E-state index is 11.9. The zero-order valence-corrected chi connectivity index (χ0v) is 17.8. The minimum absolute atomic E-state index is 0.147. The van der Waals surface area contributed by atoms with E-state index in [4.69, 9.17) is 9.47 Å². The first kappa shape index (κ1) is 20.5. The minimum Gasteiger partial charge on any atom is -0.493 e. The summed E-state index contributed by atoms with van der Waals surface area (Å²) < 4.78 is 12.8. The van der Waals surface area contributed by atoms with E-state index < -0.39 is 0 Å². The Morgan fingerprint density at radius 3 is 2.58 bits per heavy atom. The number of aryl methyl sites for hydroxylation is 1. The average molecular weight is 484 g/mol. The number of nitrogens with one attached hydrogen (secondary N) is 1. The van der Waals surface area contributed by atoms with E-state index in [9.17, 15) is 4.79 Å². The third-order valence-corrected chi connectivity index (χ3v) is 4.44. The second-order valence-electron chi connectivity index (χ2n) is 5.53. The van der Waals surface area contributed by atoms with E-state index in [0.29, 0.717) is 12.4 Å². The van der Waals surface area contributed by atoms with Crippen LogP contribution in [0.5, 0.6) is 11.5 Å². The number of hydrazone groups is 1. The Hall–Kier alpha value is -1.86.